The van der Waals surface area contributed by atoms with Gasteiger partial charge in [-0.05, 0) is 86.1 Å². The van der Waals surface area contributed by atoms with Crippen molar-refractivity contribution in [1.82, 2.24) is 4.90 Å². The van der Waals surface area contributed by atoms with Crippen molar-refractivity contribution in [2.24, 2.45) is 11.8 Å². The molecule has 2 unspecified atom stereocenters. The number of fused-ring (bicyclic) bond motifs is 1. The molecule has 188 valence electrons. The van der Waals surface area contributed by atoms with Gasteiger partial charge in [-0.15, -0.1) is 0 Å². The van der Waals surface area contributed by atoms with Gasteiger partial charge in [0, 0.05) is 25.2 Å². The van der Waals surface area contributed by atoms with Crippen molar-refractivity contribution in [1.29, 1.82) is 0 Å². The third kappa shape index (κ3) is 4.79. The van der Waals surface area contributed by atoms with Crippen LogP contribution in [0.2, 0.25) is 5.02 Å². The smallest absolute Gasteiger partial charge is 0.306 e. The minimum atomic E-state index is -0.753. The van der Waals surface area contributed by atoms with Gasteiger partial charge in [-0.2, -0.15) is 0 Å². The average molecular weight is 504 g/mol. The van der Waals surface area contributed by atoms with Crippen LogP contribution < -0.4 is 4.74 Å². The number of hydrogen-bond acceptors (Lipinski definition) is 3. The molecule has 2 aromatic carbocycles. The number of halogens is 3. The van der Waals surface area contributed by atoms with Crippen molar-refractivity contribution < 1.29 is 23.4 Å². The van der Waals surface area contributed by atoms with Crippen LogP contribution in [0.15, 0.2) is 30.3 Å². The number of nitrogens with zero attached hydrogens (tertiary/aromatic N) is 1. The molecular weight excluding hydrogens is 472 g/mol. The van der Waals surface area contributed by atoms with Crippen molar-refractivity contribution in [2.75, 3.05) is 13.1 Å². The lowest BCUT2D eigenvalue weighted by Crippen LogP contribution is -2.50. The number of carbonyl (C=O) groups is 1. The lowest BCUT2D eigenvalue weighted by atomic mass is 9.80. The molecule has 1 saturated carbocycles. The molecule has 1 saturated heterocycles. The summed E-state index contributed by atoms with van der Waals surface area (Å²) in [6.07, 6.45) is 5.64. The predicted molar refractivity (Wildman–Crippen MR) is 131 cm³/mol. The van der Waals surface area contributed by atoms with Gasteiger partial charge in [-0.25, -0.2) is 8.78 Å². The number of rotatable bonds is 6. The number of hydrogen-bond donors (Lipinski definition) is 1. The highest BCUT2D eigenvalue weighted by Crippen LogP contribution is 2.49. The normalized spacial score (nSPS) is 22.2. The number of ether oxygens (including phenoxy) is 1. The monoisotopic (exact) mass is 503 g/mol. The first kappa shape index (κ1) is 24.5. The Balaban J connectivity index is 1.31. The highest BCUT2D eigenvalue weighted by atomic mass is 35.5. The summed E-state index contributed by atoms with van der Waals surface area (Å²) < 4.78 is 34.5. The molecule has 0 bridgehead atoms. The number of aliphatic carboxylic acids is 1. The highest BCUT2D eigenvalue weighted by molar-refractivity contribution is 6.31. The zero-order chi connectivity index (χ0) is 24.9. The standard InChI is InChI=1S/C28H32ClF2NO3/c1-16(27(33)34)25(19-4-5-19)20-6-3-18-7-8-28(35-24(18)13-20)9-11-32(12-10-28)17(2)22-14-21(30)15-23(31)26(22)29/h3,6,13-17,19,25H,4-5,7-12H2,1-2H3,(H,33,34)/t16-,17?,25?/m0/s1. The summed E-state index contributed by atoms with van der Waals surface area (Å²) in [5, 5.41) is 9.62. The first-order valence-electron chi connectivity index (χ1n) is 12.6. The SMILES string of the molecule is CC(c1cc(F)cc(F)c1Cl)N1CCC2(CCc3ccc(C(C4CC4)[C@H](C)C(=O)O)cc3O2)CC1. The summed E-state index contributed by atoms with van der Waals surface area (Å²) >= 11 is 6.16. The van der Waals surface area contributed by atoms with Gasteiger partial charge >= 0.3 is 5.97 Å². The van der Waals surface area contributed by atoms with Crippen LogP contribution in [-0.2, 0) is 11.2 Å². The first-order chi connectivity index (χ1) is 16.7. The maximum Gasteiger partial charge on any atom is 0.306 e. The van der Waals surface area contributed by atoms with Crippen LogP contribution in [0.4, 0.5) is 8.78 Å². The number of piperidine rings is 1. The van der Waals surface area contributed by atoms with Crippen LogP contribution in [-0.4, -0.2) is 34.7 Å². The minimum absolute atomic E-state index is 0.0124. The molecule has 2 fully saturated rings. The molecule has 1 aliphatic carbocycles. The number of carboxylic acid groups (broad SMARTS) is 1. The maximum absolute atomic E-state index is 14.0. The second kappa shape index (κ2) is 9.36. The van der Waals surface area contributed by atoms with E-state index in [9.17, 15) is 18.7 Å². The van der Waals surface area contributed by atoms with Crippen LogP contribution >= 0.6 is 11.6 Å². The largest absolute Gasteiger partial charge is 0.487 e. The Labute approximate surface area is 210 Å². The maximum atomic E-state index is 14.0. The average Bonchev–Trinajstić information content (AvgIpc) is 3.66. The van der Waals surface area contributed by atoms with Crippen LogP contribution in [0.3, 0.4) is 0 Å². The van der Waals surface area contributed by atoms with E-state index in [0.29, 0.717) is 11.5 Å². The third-order valence-corrected chi connectivity index (χ3v) is 8.84. The van der Waals surface area contributed by atoms with E-state index in [1.165, 1.54) is 11.6 Å². The third-order valence-electron chi connectivity index (χ3n) is 8.44. The lowest BCUT2D eigenvalue weighted by molar-refractivity contribution is -0.142. The van der Waals surface area contributed by atoms with E-state index in [-0.39, 0.29) is 22.6 Å². The van der Waals surface area contributed by atoms with Crippen LogP contribution in [0.25, 0.3) is 0 Å². The Hall–Kier alpha value is -2.18. The predicted octanol–water partition coefficient (Wildman–Crippen LogP) is 6.75. The quantitative estimate of drug-likeness (QED) is 0.443. The number of likely N-dealkylation sites (tertiary alicyclic amines) is 1. The molecule has 1 spiro atoms. The Morgan fingerprint density at radius 2 is 1.86 bits per heavy atom. The van der Waals surface area contributed by atoms with Gasteiger partial charge in [-0.1, -0.05) is 30.7 Å². The Morgan fingerprint density at radius 1 is 1.14 bits per heavy atom. The molecule has 35 heavy (non-hydrogen) atoms. The van der Waals surface area contributed by atoms with Crippen LogP contribution in [0, 0.1) is 23.5 Å². The zero-order valence-corrected chi connectivity index (χ0v) is 21.0. The molecular formula is C28H32ClF2NO3. The summed E-state index contributed by atoms with van der Waals surface area (Å²) in [4.78, 5) is 13.9. The molecule has 2 aromatic rings. The molecule has 0 amide bonds. The molecule has 2 heterocycles. The fourth-order valence-corrected chi connectivity index (χ4v) is 6.32. The van der Waals surface area contributed by atoms with Gasteiger partial charge in [-0.3, -0.25) is 9.69 Å². The van der Waals surface area contributed by atoms with Crippen molar-refractivity contribution in [2.45, 2.75) is 69.9 Å². The molecule has 0 aromatic heterocycles. The van der Waals surface area contributed by atoms with E-state index in [2.05, 4.69) is 23.1 Å². The summed E-state index contributed by atoms with van der Waals surface area (Å²) in [7, 11) is 0. The summed E-state index contributed by atoms with van der Waals surface area (Å²) in [6.45, 7) is 5.22. The van der Waals surface area contributed by atoms with E-state index >= 15 is 0 Å². The van der Waals surface area contributed by atoms with E-state index < -0.39 is 23.5 Å². The molecule has 7 heteroatoms. The number of aryl methyl sites for hydroxylation is 1. The summed E-state index contributed by atoms with van der Waals surface area (Å²) in [5.41, 5.74) is 2.44. The fraction of sp³-hybridized carbons (Fsp3) is 0.536. The van der Waals surface area contributed by atoms with Crippen molar-refractivity contribution in [3.63, 3.8) is 0 Å². The second-order valence-electron chi connectivity index (χ2n) is 10.6. The van der Waals surface area contributed by atoms with Crippen molar-refractivity contribution in [3.8, 4) is 5.75 Å². The highest BCUT2D eigenvalue weighted by Gasteiger charge is 2.42. The van der Waals surface area contributed by atoms with Gasteiger partial charge in [0.2, 0.25) is 0 Å². The summed E-state index contributed by atoms with van der Waals surface area (Å²) in [6, 6.07) is 8.22. The molecule has 5 rings (SSSR count). The minimum Gasteiger partial charge on any atom is -0.487 e. The van der Waals surface area contributed by atoms with Crippen molar-refractivity contribution >= 4 is 17.6 Å². The zero-order valence-electron chi connectivity index (χ0n) is 20.2. The van der Waals surface area contributed by atoms with E-state index in [1.807, 2.05) is 6.92 Å². The van der Waals surface area contributed by atoms with Crippen molar-refractivity contribution in [3.05, 3.63) is 63.7 Å². The Morgan fingerprint density at radius 3 is 2.51 bits per heavy atom. The number of carboxylic acids is 1. The Bertz CT molecular complexity index is 1130. The van der Waals surface area contributed by atoms with Gasteiger partial charge in [0.1, 0.15) is 23.0 Å². The molecule has 1 N–H and O–H groups in total. The van der Waals surface area contributed by atoms with E-state index in [4.69, 9.17) is 16.3 Å². The van der Waals surface area contributed by atoms with Crippen LogP contribution in [0.1, 0.15) is 74.6 Å². The molecule has 4 nitrogen and oxygen atoms in total. The van der Waals surface area contributed by atoms with E-state index in [1.54, 1.807) is 6.92 Å². The van der Waals surface area contributed by atoms with Crippen LogP contribution in [0.5, 0.6) is 5.75 Å². The van der Waals surface area contributed by atoms with E-state index in [0.717, 1.165) is 69.0 Å². The molecule has 3 atom stereocenters. The lowest BCUT2D eigenvalue weighted by Gasteiger charge is -2.46. The topological polar surface area (TPSA) is 49.8 Å². The number of benzene rings is 2. The van der Waals surface area contributed by atoms with Gasteiger partial charge < -0.3 is 9.84 Å². The second-order valence-corrected chi connectivity index (χ2v) is 11.0. The molecule has 3 aliphatic rings. The molecule has 0 radical (unpaired) electrons. The first-order valence-corrected chi connectivity index (χ1v) is 13.0. The van der Waals surface area contributed by atoms with Gasteiger partial charge in [0.25, 0.3) is 0 Å². The Kier molecular flexibility index (Phi) is 6.56. The molecule has 2 aliphatic heterocycles. The summed E-state index contributed by atoms with van der Waals surface area (Å²) in [5.74, 6) is -1.20. The van der Waals surface area contributed by atoms with Gasteiger partial charge in [0.05, 0.1) is 10.9 Å². The fourth-order valence-electron chi connectivity index (χ4n) is 6.05. The van der Waals surface area contributed by atoms with Gasteiger partial charge in [0.15, 0.2) is 0 Å².